The molecule has 0 saturated carbocycles. The third-order valence-electron chi connectivity index (χ3n) is 2.44. The number of imidazole rings is 1. The number of nitrogens with zero attached hydrogens (tertiary/aromatic N) is 5. The summed E-state index contributed by atoms with van der Waals surface area (Å²) in [6, 6.07) is 1.54. The van der Waals surface area contributed by atoms with Crippen LogP contribution in [0, 0.1) is 6.92 Å². The summed E-state index contributed by atoms with van der Waals surface area (Å²) in [5.74, 6) is 1.49. The highest BCUT2D eigenvalue weighted by atomic mass is 32.2. The molecule has 1 N–H and O–H groups in total. The van der Waals surface area contributed by atoms with Crippen LogP contribution in [-0.2, 0) is 10.2 Å². The van der Waals surface area contributed by atoms with Crippen LogP contribution in [-0.4, -0.2) is 46.3 Å². The molecule has 0 aromatic carbocycles. The third kappa shape index (κ3) is 2.88. The Morgan fingerprint density at radius 2 is 2.00 bits per heavy atom. The van der Waals surface area contributed by atoms with Gasteiger partial charge in [0.25, 0.3) is 0 Å². The molecule has 9 heteroatoms. The molecule has 2 heterocycles. The fourth-order valence-electron chi connectivity index (χ4n) is 1.38. The molecular weight excluding hydrogens is 268 g/mol. The molecular formula is C10H14N6O2S. The van der Waals surface area contributed by atoms with Gasteiger partial charge in [0.15, 0.2) is 0 Å². The molecule has 0 fully saturated rings. The van der Waals surface area contributed by atoms with E-state index in [0.717, 1.165) is 10.1 Å². The monoisotopic (exact) mass is 282 g/mol. The van der Waals surface area contributed by atoms with E-state index in [1.807, 2.05) is 6.92 Å². The first-order valence-corrected chi connectivity index (χ1v) is 6.87. The largest absolute Gasteiger partial charge is 0.302 e. The molecule has 0 radical (unpaired) electrons. The van der Waals surface area contributed by atoms with E-state index in [1.165, 1.54) is 26.5 Å². The molecule has 0 amide bonds. The van der Waals surface area contributed by atoms with E-state index >= 15 is 0 Å². The van der Waals surface area contributed by atoms with Crippen LogP contribution in [0.2, 0.25) is 0 Å². The first-order chi connectivity index (χ1) is 8.90. The van der Waals surface area contributed by atoms with Gasteiger partial charge in [-0.2, -0.15) is 12.7 Å². The maximum absolute atomic E-state index is 11.7. The molecule has 2 aromatic rings. The minimum absolute atomic E-state index is 0.201. The number of anilines is 1. The lowest BCUT2D eigenvalue weighted by molar-refractivity contribution is 0.526. The van der Waals surface area contributed by atoms with Crippen molar-refractivity contribution in [2.75, 3.05) is 18.8 Å². The second-order valence-corrected chi connectivity index (χ2v) is 5.88. The van der Waals surface area contributed by atoms with E-state index in [0.29, 0.717) is 5.82 Å². The minimum atomic E-state index is -3.58. The van der Waals surface area contributed by atoms with Gasteiger partial charge < -0.3 is 0 Å². The van der Waals surface area contributed by atoms with Crippen molar-refractivity contribution in [3.8, 4) is 5.82 Å². The predicted molar refractivity (Wildman–Crippen MR) is 70.1 cm³/mol. The van der Waals surface area contributed by atoms with Gasteiger partial charge in [0.1, 0.15) is 23.8 Å². The first kappa shape index (κ1) is 13.4. The summed E-state index contributed by atoms with van der Waals surface area (Å²) in [7, 11) is -0.709. The van der Waals surface area contributed by atoms with Crippen LogP contribution in [0.15, 0.2) is 24.8 Å². The zero-order valence-corrected chi connectivity index (χ0v) is 11.6. The second-order valence-electron chi connectivity index (χ2n) is 4.00. The third-order valence-corrected chi connectivity index (χ3v) is 3.87. The van der Waals surface area contributed by atoms with Crippen LogP contribution in [0.5, 0.6) is 0 Å². The highest BCUT2D eigenvalue weighted by Crippen LogP contribution is 2.12. The van der Waals surface area contributed by atoms with Gasteiger partial charge in [-0.1, -0.05) is 0 Å². The number of aromatic nitrogens is 4. The Labute approximate surface area is 111 Å². The molecule has 0 spiro atoms. The van der Waals surface area contributed by atoms with Gasteiger partial charge in [-0.15, -0.1) is 0 Å². The molecule has 0 aliphatic heterocycles. The molecule has 2 rings (SSSR count). The van der Waals surface area contributed by atoms with Crippen molar-refractivity contribution in [3.05, 3.63) is 30.6 Å². The van der Waals surface area contributed by atoms with Crippen molar-refractivity contribution in [1.82, 2.24) is 23.8 Å². The Kier molecular flexibility index (Phi) is 3.49. The summed E-state index contributed by atoms with van der Waals surface area (Å²) >= 11 is 0. The van der Waals surface area contributed by atoms with Gasteiger partial charge in [-0.05, 0) is 6.92 Å². The molecule has 0 aliphatic rings. The zero-order valence-electron chi connectivity index (χ0n) is 10.8. The van der Waals surface area contributed by atoms with Crippen LogP contribution < -0.4 is 4.72 Å². The highest BCUT2D eigenvalue weighted by Gasteiger charge is 2.14. The van der Waals surface area contributed by atoms with E-state index in [9.17, 15) is 8.42 Å². The zero-order chi connectivity index (χ0) is 14.0. The Balaban J connectivity index is 2.34. The van der Waals surface area contributed by atoms with Gasteiger partial charge in [-0.3, -0.25) is 9.29 Å². The molecule has 0 aliphatic carbocycles. The van der Waals surface area contributed by atoms with Gasteiger partial charge in [-0.25, -0.2) is 15.0 Å². The standard InChI is InChI=1S/C10H14N6O2S/c1-8-11-4-5-16(8)10-6-9(12-7-13-10)14-19(17,18)15(2)3/h4-7H,1-3H3,(H,12,13,14). The molecule has 0 bridgehead atoms. The van der Waals surface area contributed by atoms with Crippen LogP contribution >= 0.6 is 0 Å². The van der Waals surface area contributed by atoms with E-state index in [2.05, 4.69) is 19.7 Å². The molecule has 19 heavy (non-hydrogen) atoms. The Morgan fingerprint density at radius 3 is 2.58 bits per heavy atom. The van der Waals surface area contributed by atoms with Crippen LogP contribution in [0.25, 0.3) is 5.82 Å². The average Bonchev–Trinajstić information content (AvgIpc) is 2.75. The van der Waals surface area contributed by atoms with Crippen molar-refractivity contribution in [1.29, 1.82) is 0 Å². The van der Waals surface area contributed by atoms with Crippen molar-refractivity contribution in [2.24, 2.45) is 0 Å². The lowest BCUT2D eigenvalue weighted by Crippen LogP contribution is -2.29. The Hall–Kier alpha value is -2.00. The highest BCUT2D eigenvalue weighted by molar-refractivity contribution is 7.90. The van der Waals surface area contributed by atoms with Crippen LogP contribution in [0.3, 0.4) is 0 Å². The number of hydrogen-bond acceptors (Lipinski definition) is 5. The second kappa shape index (κ2) is 4.94. The van der Waals surface area contributed by atoms with Crippen molar-refractivity contribution < 1.29 is 8.42 Å². The summed E-state index contributed by atoms with van der Waals surface area (Å²) in [5.41, 5.74) is 0. The number of nitrogens with one attached hydrogen (secondary N) is 1. The summed E-state index contributed by atoms with van der Waals surface area (Å²) < 4.78 is 28.6. The fourth-order valence-corrected chi connectivity index (χ4v) is 1.94. The smallest absolute Gasteiger partial charge is 0.288 e. The van der Waals surface area contributed by atoms with E-state index in [4.69, 9.17) is 0 Å². The molecule has 0 saturated heterocycles. The van der Waals surface area contributed by atoms with Crippen molar-refractivity contribution in [2.45, 2.75) is 6.92 Å². The quantitative estimate of drug-likeness (QED) is 0.864. The SMILES string of the molecule is Cc1nccn1-c1cc(NS(=O)(=O)N(C)C)ncn1. The maximum Gasteiger partial charge on any atom is 0.302 e. The molecule has 0 atom stereocenters. The first-order valence-electron chi connectivity index (χ1n) is 5.43. The number of hydrogen-bond donors (Lipinski definition) is 1. The van der Waals surface area contributed by atoms with Crippen LogP contribution in [0.4, 0.5) is 5.82 Å². The Bertz CT molecular complexity index is 679. The molecule has 2 aromatic heterocycles. The summed E-state index contributed by atoms with van der Waals surface area (Å²) in [6.07, 6.45) is 4.67. The lowest BCUT2D eigenvalue weighted by atomic mass is 10.5. The Morgan fingerprint density at radius 1 is 1.26 bits per heavy atom. The van der Waals surface area contributed by atoms with Gasteiger partial charge >= 0.3 is 10.2 Å². The fraction of sp³-hybridized carbons (Fsp3) is 0.300. The number of rotatable bonds is 4. The molecule has 102 valence electrons. The van der Waals surface area contributed by atoms with Crippen molar-refractivity contribution in [3.63, 3.8) is 0 Å². The van der Waals surface area contributed by atoms with Gasteiger partial charge in [0.05, 0.1) is 0 Å². The summed E-state index contributed by atoms with van der Waals surface area (Å²) in [6.45, 7) is 1.83. The number of aryl methyl sites for hydroxylation is 1. The van der Waals surface area contributed by atoms with E-state index in [-0.39, 0.29) is 5.82 Å². The molecule has 0 unspecified atom stereocenters. The molecule has 8 nitrogen and oxygen atoms in total. The lowest BCUT2D eigenvalue weighted by Gasteiger charge is -2.13. The normalized spacial score (nSPS) is 11.8. The predicted octanol–water partition coefficient (Wildman–Crippen LogP) is 0.189. The average molecular weight is 282 g/mol. The van der Waals surface area contributed by atoms with E-state index < -0.39 is 10.2 Å². The summed E-state index contributed by atoms with van der Waals surface area (Å²) in [5, 5.41) is 0. The minimum Gasteiger partial charge on any atom is -0.288 e. The van der Waals surface area contributed by atoms with Crippen molar-refractivity contribution >= 4 is 16.0 Å². The summed E-state index contributed by atoms with van der Waals surface area (Å²) in [4.78, 5) is 12.0. The van der Waals surface area contributed by atoms with Crippen LogP contribution in [0.1, 0.15) is 5.82 Å². The van der Waals surface area contributed by atoms with Gasteiger partial charge in [0, 0.05) is 32.6 Å². The van der Waals surface area contributed by atoms with Gasteiger partial charge in [0.2, 0.25) is 0 Å². The van der Waals surface area contributed by atoms with E-state index in [1.54, 1.807) is 17.0 Å². The maximum atomic E-state index is 11.7. The topological polar surface area (TPSA) is 93.0 Å².